The number of aliphatic carboxylic acids is 1. The Morgan fingerprint density at radius 1 is 1.29 bits per heavy atom. The molecule has 6 heteroatoms. The number of aliphatic hydroxyl groups excluding tert-OH is 1. The van der Waals surface area contributed by atoms with Crippen molar-refractivity contribution in [2.24, 2.45) is 0 Å². The first-order valence-corrected chi connectivity index (χ1v) is 5.97. The van der Waals surface area contributed by atoms with Gasteiger partial charge in [0.05, 0.1) is 12.6 Å². The van der Waals surface area contributed by atoms with Crippen LogP contribution >= 0.6 is 0 Å². The fourth-order valence-electron chi connectivity index (χ4n) is 1.80. The molecule has 1 amide bonds. The molecule has 0 aromatic rings. The maximum Gasteiger partial charge on any atom is 0.303 e. The molecule has 0 aliphatic carbocycles. The van der Waals surface area contributed by atoms with E-state index in [4.69, 9.17) is 5.11 Å². The van der Waals surface area contributed by atoms with Crippen LogP contribution in [-0.4, -0.2) is 59.3 Å². The van der Waals surface area contributed by atoms with Crippen LogP contribution < -0.4 is 5.32 Å². The summed E-state index contributed by atoms with van der Waals surface area (Å²) in [6.45, 7) is 2.22. The lowest BCUT2D eigenvalue weighted by molar-refractivity contribution is -0.137. The van der Waals surface area contributed by atoms with Crippen LogP contribution in [0.15, 0.2) is 0 Å². The molecule has 1 aliphatic rings. The lowest BCUT2D eigenvalue weighted by atomic mass is 10.1. The smallest absolute Gasteiger partial charge is 0.303 e. The third-order valence-corrected chi connectivity index (χ3v) is 2.81. The molecule has 3 N–H and O–H groups in total. The van der Waals surface area contributed by atoms with Crippen molar-refractivity contribution in [3.8, 4) is 0 Å². The monoisotopic (exact) mass is 244 g/mol. The zero-order valence-corrected chi connectivity index (χ0v) is 9.89. The molecule has 1 rings (SSSR count). The van der Waals surface area contributed by atoms with Gasteiger partial charge in [-0.25, -0.2) is 0 Å². The molecule has 17 heavy (non-hydrogen) atoms. The highest BCUT2D eigenvalue weighted by Gasteiger charge is 2.18. The summed E-state index contributed by atoms with van der Waals surface area (Å²) in [5.74, 6) is -0.920. The number of likely N-dealkylation sites (tertiary alicyclic amines) is 1. The fraction of sp³-hybridized carbons (Fsp3) is 0.818. The summed E-state index contributed by atoms with van der Waals surface area (Å²) in [7, 11) is 0. The van der Waals surface area contributed by atoms with Gasteiger partial charge in [-0.05, 0) is 19.3 Å². The summed E-state index contributed by atoms with van der Waals surface area (Å²) in [6, 6.07) is 0. The van der Waals surface area contributed by atoms with Gasteiger partial charge in [0.2, 0.25) is 5.91 Å². The van der Waals surface area contributed by atoms with E-state index in [0.29, 0.717) is 32.4 Å². The molecule has 0 saturated carbocycles. The quantitative estimate of drug-likeness (QED) is 0.544. The van der Waals surface area contributed by atoms with Crippen molar-refractivity contribution >= 4 is 11.9 Å². The van der Waals surface area contributed by atoms with Crippen molar-refractivity contribution in [1.82, 2.24) is 10.2 Å². The third kappa shape index (κ3) is 6.23. The van der Waals surface area contributed by atoms with Gasteiger partial charge in [0.25, 0.3) is 0 Å². The number of nitrogens with one attached hydrogen (secondary N) is 1. The number of hydrogen-bond acceptors (Lipinski definition) is 4. The number of nitrogens with zero attached hydrogens (tertiary/aromatic N) is 1. The molecule has 0 bridgehead atoms. The number of carboxylic acids is 1. The number of amides is 1. The van der Waals surface area contributed by atoms with Crippen LogP contribution in [0, 0.1) is 0 Å². The molecule has 1 heterocycles. The SMILES string of the molecule is O=C(O)CCCNC(=O)CN1CCC(O)CC1. The fourth-order valence-corrected chi connectivity index (χ4v) is 1.80. The second-order valence-electron chi connectivity index (χ2n) is 4.35. The summed E-state index contributed by atoms with van der Waals surface area (Å²) >= 11 is 0. The van der Waals surface area contributed by atoms with E-state index < -0.39 is 5.97 Å². The standard InChI is InChI=1S/C11H20N2O4/c14-9-3-6-13(7-4-9)8-10(15)12-5-1-2-11(16)17/h9,14H,1-8H2,(H,12,15)(H,16,17). The molecule has 6 nitrogen and oxygen atoms in total. The van der Waals surface area contributed by atoms with E-state index in [1.54, 1.807) is 0 Å². The van der Waals surface area contributed by atoms with E-state index in [9.17, 15) is 14.7 Å². The molecular weight excluding hydrogens is 224 g/mol. The van der Waals surface area contributed by atoms with E-state index >= 15 is 0 Å². The molecular formula is C11H20N2O4. The van der Waals surface area contributed by atoms with Crippen LogP contribution in [0.25, 0.3) is 0 Å². The first-order valence-electron chi connectivity index (χ1n) is 5.97. The van der Waals surface area contributed by atoms with Gasteiger partial charge in [-0.15, -0.1) is 0 Å². The Balaban J connectivity index is 2.06. The summed E-state index contributed by atoms with van der Waals surface area (Å²) < 4.78 is 0. The van der Waals surface area contributed by atoms with Gasteiger partial charge in [-0.1, -0.05) is 0 Å². The minimum atomic E-state index is -0.843. The first kappa shape index (κ1) is 13.9. The van der Waals surface area contributed by atoms with Gasteiger partial charge >= 0.3 is 5.97 Å². The molecule has 1 saturated heterocycles. The number of hydrogen-bond donors (Lipinski definition) is 3. The Morgan fingerprint density at radius 3 is 2.53 bits per heavy atom. The van der Waals surface area contributed by atoms with Crippen LogP contribution in [0.2, 0.25) is 0 Å². The maximum absolute atomic E-state index is 11.5. The van der Waals surface area contributed by atoms with E-state index in [1.807, 2.05) is 4.90 Å². The molecule has 0 aromatic carbocycles. The molecule has 1 fully saturated rings. The summed E-state index contributed by atoms with van der Waals surface area (Å²) in [5.41, 5.74) is 0. The normalized spacial score (nSPS) is 17.9. The average molecular weight is 244 g/mol. The summed E-state index contributed by atoms with van der Waals surface area (Å²) in [4.78, 5) is 23.7. The van der Waals surface area contributed by atoms with Crippen LogP contribution in [0.4, 0.5) is 0 Å². The lowest BCUT2D eigenvalue weighted by Gasteiger charge is -2.28. The van der Waals surface area contributed by atoms with Crippen molar-refractivity contribution in [1.29, 1.82) is 0 Å². The van der Waals surface area contributed by atoms with Crippen LogP contribution in [0.3, 0.4) is 0 Å². The third-order valence-electron chi connectivity index (χ3n) is 2.81. The number of aliphatic hydroxyl groups is 1. The molecule has 0 spiro atoms. The van der Waals surface area contributed by atoms with Crippen molar-refractivity contribution in [2.75, 3.05) is 26.2 Å². The maximum atomic E-state index is 11.5. The van der Waals surface area contributed by atoms with Gasteiger partial charge in [-0.3, -0.25) is 14.5 Å². The number of carbonyl (C=O) groups excluding carboxylic acids is 1. The Bertz CT molecular complexity index is 262. The Morgan fingerprint density at radius 2 is 1.94 bits per heavy atom. The van der Waals surface area contributed by atoms with Gasteiger partial charge in [0.1, 0.15) is 0 Å². The Labute approximate surface area is 101 Å². The van der Waals surface area contributed by atoms with Gasteiger partial charge < -0.3 is 15.5 Å². The van der Waals surface area contributed by atoms with E-state index in [2.05, 4.69) is 5.32 Å². The van der Waals surface area contributed by atoms with Gasteiger partial charge in [0.15, 0.2) is 0 Å². The largest absolute Gasteiger partial charge is 0.481 e. The van der Waals surface area contributed by atoms with Crippen LogP contribution in [-0.2, 0) is 9.59 Å². The van der Waals surface area contributed by atoms with Gasteiger partial charge in [0, 0.05) is 26.1 Å². The van der Waals surface area contributed by atoms with E-state index in [-0.39, 0.29) is 18.4 Å². The van der Waals surface area contributed by atoms with Crippen LogP contribution in [0.1, 0.15) is 25.7 Å². The molecule has 0 aromatic heterocycles. The number of carbonyl (C=O) groups is 2. The average Bonchev–Trinajstić information content (AvgIpc) is 2.27. The van der Waals surface area contributed by atoms with Crippen molar-refractivity contribution in [3.63, 3.8) is 0 Å². The molecule has 0 radical (unpaired) electrons. The molecule has 1 aliphatic heterocycles. The second kappa shape index (κ2) is 7.24. The highest BCUT2D eigenvalue weighted by molar-refractivity contribution is 5.78. The molecule has 0 atom stereocenters. The first-order chi connectivity index (χ1) is 8.08. The highest BCUT2D eigenvalue weighted by Crippen LogP contribution is 2.08. The number of carboxylic acid groups (broad SMARTS) is 1. The van der Waals surface area contributed by atoms with Crippen LogP contribution in [0.5, 0.6) is 0 Å². The molecule has 98 valence electrons. The van der Waals surface area contributed by atoms with E-state index in [1.165, 1.54) is 0 Å². The predicted octanol–water partition coefficient (Wildman–Crippen LogP) is -0.576. The van der Waals surface area contributed by atoms with Crippen molar-refractivity contribution in [3.05, 3.63) is 0 Å². The Kier molecular flexibility index (Phi) is 5.93. The van der Waals surface area contributed by atoms with Gasteiger partial charge in [-0.2, -0.15) is 0 Å². The second-order valence-corrected chi connectivity index (χ2v) is 4.35. The zero-order valence-electron chi connectivity index (χ0n) is 9.89. The Hall–Kier alpha value is -1.14. The van der Waals surface area contributed by atoms with Crippen molar-refractivity contribution in [2.45, 2.75) is 31.8 Å². The predicted molar refractivity (Wildman–Crippen MR) is 61.6 cm³/mol. The van der Waals surface area contributed by atoms with E-state index in [0.717, 1.165) is 13.1 Å². The number of rotatable bonds is 6. The highest BCUT2D eigenvalue weighted by atomic mass is 16.4. The minimum absolute atomic E-state index is 0.0771. The summed E-state index contributed by atoms with van der Waals surface area (Å²) in [5, 5.41) is 20.4. The van der Waals surface area contributed by atoms with Crippen molar-refractivity contribution < 1.29 is 19.8 Å². The number of piperidine rings is 1. The molecule has 0 unspecified atom stereocenters. The minimum Gasteiger partial charge on any atom is -0.481 e. The zero-order chi connectivity index (χ0) is 12.7. The topological polar surface area (TPSA) is 89.9 Å². The summed E-state index contributed by atoms with van der Waals surface area (Å²) in [6.07, 6.45) is 1.74. The lowest BCUT2D eigenvalue weighted by Crippen LogP contribution is -2.42.